The lowest BCUT2D eigenvalue weighted by Gasteiger charge is -2.41. The molecule has 4 rings (SSSR count). The summed E-state index contributed by atoms with van der Waals surface area (Å²) in [4.78, 5) is 23.9. The molecule has 1 fully saturated rings. The SMILES string of the molecule is COc1ccccc1SC[C@@H]1O[C@H](c2ccc(NC(=O)CCCC(=O)O)cc2)O[C@H](c2ccc(CO)cc2)[C@@H]1C. The number of carbonyl (C=O) groups excluding carboxylic acids is 1. The van der Waals surface area contributed by atoms with Crippen molar-refractivity contribution in [2.45, 2.75) is 56.2 Å². The number of aliphatic hydroxyl groups is 1. The molecule has 0 spiro atoms. The first kappa shape index (κ1) is 29.6. The van der Waals surface area contributed by atoms with Crippen LogP contribution in [0.1, 0.15) is 55.3 Å². The molecule has 1 aliphatic rings. The second-order valence-corrected chi connectivity index (χ2v) is 10.8. The van der Waals surface area contributed by atoms with E-state index < -0.39 is 12.3 Å². The number of aliphatic hydroxyl groups excluding tert-OH is 1. The Labute approximate surface area is 238 Å². The lowest BCUT2D eigenvalue weighted by Crippen LogP contribution is -2.38. The Bertz CT molecular complexity index is 1270. The first-order valence-electron chi connectivity index (χ1n) is 13.3. The summed E-state index contributed by atoms with van der Waals surface area (Å²) < 4.78 is 18.5. The first-order chi connectivity index (χ1) is 19.4. The highest BCUT2D eigenvalue weighted by atomic mass is 32.2. The average molecular weight is 566 g/mol. The number of ether oxygens (including phenoxy) is 3. The van der Waals surface area contributed by atoms with Crippen LogP contribution in [0.3, 0.4) is 0 Å². The van der Waals surface area contributed by atoms with Gasteiger partial charge >= 0.3 is 5.97 Å². The Balaban J connectivity index is 1.50. The van der Waals surface area contributed by atoms with E-state index in [1.54, 1.807) is 31.0 Å². The van der Waals surface area contributed by atoms with Gasteiger partial charge < -0.3 is 29.7 Å². The maximum atomic E-state index is 12.2. The first-order valence-corrected chi connectivity index (χ1v) is 14.2. The number of carboxylic acid groups (broad SMARTS) is 1. The van der Waals surface area contributed by atoms with Crippen LogP contribution >= 0.6 is 11.8 Å². The number of para-hydroxylation sites is 1. The fraction of sp³-hybridized carbons (Fsp3) is 0.355. The number of nitrogens with one attached hydrogen (secondary N) is 1. The quantitative estimate of drug-likeness (QED) is 0.230. The Kier molecular flexibility index (Phi) is 10.6. The number of hydrogen-bond donors (Lipinski definition) is 3. The third-order valence-electron chi connectivity index (χ3n) is 6.86. The number of methoxy groups -OCH3 is 1. The van der Waals surface area contributed by atoms with Crippen molar-refractivity contribution in [3.8, 4) is 5.75 Å². The third kappa shape index (κ3) is 7.85. The minimum Gasteiger partial charge on any atom is -0.496 e. The van der Waals surface area contributed by atoms with Gasteiger partial charge in [0, 0.05) is 40.7 Å². The highest BCUT2D eigenvalue weighted by Gasteiger charge is 2.38. The summed E-state index contributed by atoms with van der Waals surface area (Å²) in [6.07, 6.45) is -0.601. The summed E-state index contributed by atoms with van der Waals surface area (Å²) in [5.74, 6) is 0.411. The van der Waals surface area contributed by atoms with Crippen LogP contribution in [0.4, 0.5) is 5.69 Å². The molecule has 0 saturated carbocycles. The predicted octanol–water partition coefficient (Wildman–Crippen LogP) is 5.96. The summed E-state index contributed by atoms with van der Waals surface area (Å²) in [6, 6.07) is 23.0. The van der Waals surface area contributed by atoms with Crippen LogP contribution in [0.5, 0.6) is 5.75 Å². The highest BCUT2D eigenvalue weighted by molar-refractivity contribution is 7.99. The third-order valence-corrected chi connectivity index (χ3v) is 8.00. The van der Waals surface area contributed by atoms with E-state index in [4.69, 9.17) is 19.3 Å². The molecular weight excluding hydrogens is 530 g/mol. The zero-order chi connectivity index (χ0) is 28.5. The van der Waals surface area contributed by atoms with Gasteiger partial charge in [-0.05, 0) is 41.8 Å². The standard InChI is InChI=1S/C31H35NO7S/c1-20-26(19-40-27-7-4-3-6-25(27)37-2)38-31(39-30(20)22-12-10-21(18-33)11-13-22)23-14-16-24(17-15-23)32-28(34)8-5-9-29(35)36/h3-4,6-7,10-17,20,26,30-31,33H,5,8-9,18-19H2,1-2H3,(H,32,34)(H,35,36)/t20-,26+,30+,31+/m1/s1. The molecule has 1 aliphatic heterocycles. The molecule has 212 valence electrons. The van der Waals surface area contributed by atoms with Crippen LogP contribution in [-0.2, 0) is 25.7 Å². The normalized spacial score (nSPS) is 20.6. The van der Waals surface area contributed by atoms with Gasteiger partial charge in [-0.1, -0.05) is 55.5 Å². The van der Waals surface area contributed by atoms with Crippen molar-refractivity contribution in [2.75, 3.05) is 18.2 Å². The number of amides is 1. The molecule has 1 heterocycles. The van der Waals surface area contributed by atoms with E-state index in [1.807, 2.05) is 60.7 Å². The van der Waals surface area contributed by atoms with Gasteiger partial charge in [-0.15, -0.1) is 11.8 Å². The van der Waals surface area contributed by atoms with Gasteiger partial charge in [0.2, 0.25) is 5.91 Å². The molecule has 3 N–H and O–H groups in total. The van der Waals surface area contributed by atoms with E-state index in [0.717, 1.165) is 27.3 Å². The zero-order valence-corrected chi connectivity index (χ0v) is 23.4. The fourth-order valence-corrected chi connectivity index (χ4v) is 5.76. The molecular formula is C31H35NO7S. The Morgan fingerprint density at radius 1 is 0.950 bits per heavy atom. The molecule has 0 radical (unpaired) electrons. The van der Waals surface area contributed by atoms with E-state index in [0.29, 0.717) is 11.4 Å². The summed E-state index contributed by atoms with van der Waals surface area (Å²) in [6.45, 7) is 2.10. The van der Waals surface area contributed by atoms with E-state index in [1.165, 1.54) is 0 Å². The number of anilines is 1. The number of thioether (sulfide) groups is 1. The molecule has 9 heteroatoms. The molecule has 3 aromatic carbocycles. The van der Waals surface area contributed by atoms with Gasteiger partial charge in [-0.3, -0.25) is 9.59 Å². The summed E-state index contributed by atoms with van der Waals surface area (Å²) in [5.41, 5.74) is 3.28. The van der Waals surface area contributed by atoms with Crippen molar-refractivity contribution in [1.82, 2.24) is 0 Å². The second kappa shape index (κ2) is 14.3. The number of aliphatic carboxylic acids is 1. The number of carboxylic acids is 1. The number of benzene rings is 3. The number of rotatable bonds is 12. The van der Waals surface area contributed by atoms with Crippen molar-refractivity contribution in [3.63, 3.8) is 0 Å². The van der Waals surface area contributed by atoms with E-state index >= 15 is 0 Å². The van der Waals surface area contributed by atoms with Crippen LogP contribution in [0.25, 0.3) is 0 Å². The molecule has 0 aromatic heterocycles. The molecule has 1 saturated heterocycles. The summed E-state index contributed by atoms with van der Waals surface area (Å²) >= 11 is 1.68. The van der Waals surface area contributed by atoms with Gasteiger partial charge in [-0.2, -0.15) is 0 Å². The van der Waals surface area contributed by atoms with Crippen molar-refractivity contribution in [1.29, 1.82) is 0 Å². The number of carbonyl (C=O) groups is 2. The maximum Gasteiger partial charge on any atom is 0.303 e. The maximum absolute atomic E-state index is 12.2. The molecule has 8 nitrogen and oxygen atoms in total. The Morgan fingerprint density at radius 3 is 2.33 bits per heavy atom. The Morgan fingerprint density at radius 2 is 1.65 bits per heavy atom. The van der Waals surface area contributed by atoms with Gasteiger partial charge in [0.05, 0.1) is 25.9 Å². The largest absolute Gasteiger partial charge is 0.496 e. The molecule has 0 bridgehead atoms. The van der Waals surface area contributed by atoms with Crippen molar-refractivity contribution >= 4 is 29.3 Å². The van der Waals surface area contributed by atoms with Crippen LogP contribution < -0.4 is 10.1 Å². The van der Waals surface area contributed by atoms with Gasteiger partial charge in [0.1, 0.15) is 5.75 Å². The van der Waals surface area contributed by atoms with Gasteiger partial charge in [0.15, 0.2) is 6.29 Å². The van der Waals surface area contributed by atoms with Crippen LogP contribution in [-0.4, -0.2) is 41.1 Å². The van der Waals surface area contributed by atoms with Crippen molar-refractivity contribution < 1.29 is 34.0 Å². The molecule has 3 aromatic rings. The lowest BCUT2D eigenvalue weighted by atomic mass is 9.91. The fourth-order valence-electron chi connectivity index (χ4n) is 4.57. The van der Waals surface area contributed by atoms with E-state index in [2.05, 4.69) is 12.2 Å². The molecule has 1 amide bonds. The molecule has 0 aliphatic carbocycles. The van der Waals surface area contributed by atoms with Crippen molar-refractivity contribution in [3.05, 3.63) is 89.5 Å². The van der Waals surface area contributed by atoms with Crippen LogP contribution in [0, 0.1) is 5.92 Å². The van der Waals surface area contributed by atoms with Crippen LogP contribution in [0.2, 0.25) is 0 Å². The average Bonchev–Trinajstić information content (AvgIpc) is 2.97. The Hall–Kier alpha value is -3.37. The molecule has 0 unspecified atom stereocenters. The van der Waals surface area contributed by atoms with Crippen LogP contribution in [0.15, 0.2) is 77.7 Å². The topological polar surface area (TPSA) is 114 Å². The second-order valence-electron chi connectivity index (χ2n) is 9.70. The van der Waals surface area contributed by atoms with Crippen molar-refractivity contribution in [2.24, 2.45) is 5.92 Å². The minimum absolute atomic E-state index is 0.0201. The van der Waals surface area contributed by atoms with Gasteiger partial charge in [0.25, 0.3) is 0 Å². The monoisotopic (exact) mass is 565 g/mol. The van der Waals surface area contributed by atoms with E-state index in [9.17, 15) is 14.7 Å². The smallest absolute Gasteiger partial charge is 0.303 e. The summed E-state index contributed by atoms with van der Waals surface area (Å²) in [5, 5.41) is 21.0. The minimum atomic E-state index is -0.916. The lowest BCUT2D eigenvalue weighted by molar-refractivity contribution is -0.268. The highest BCUT2D eigenvalue weighted by Crippen LogP contribution is 2.43. The predicted molar refractivity (Wildman–Crippen MR) is 153 cm³/mol. The molecule has 40 heavy (non-hydrogen) atoms. The summed E-state index contributed by atoms with van der Waals surface area (Å²) in [7, 11) is 1.66. The number of hydrogen-bond acceptors (Lipinski definition) is 7. The van der Waals surface area contributed by atoms with E-state index in [-0.39, 0.29) is 49.9 Å². The zero-order valence-electron chi connectivity index (χ0n) is 22.6. The molecule has 4 atom stereocenters. The van der Waals surface area contributed by atoms with Gasteiger partial charge in [-0.25, -0.2) is 0 Å².